The van der Waals surface area contributed by atoms with E-state index in [1.807, 2.05) is 35.2 Å². The monoisotopic (exact) mass is 328 g/mol. The summed E-state index contributed by atoms with van der Waals surface area (Å²) in [4.78, 5) is 14.2. The summed E-state index contributed by atoms with van der Waals surface area (Å²) in [5, 5.41) is 3.70. The SMILES string of the molecule is O=C(NCc1ccc(Cl)cc1)N1CCC(c2ccccc2)CC1. The van der Waals surface area contributed by atoms with Crippen molar-refractivity contribution in [1.82, 2.24) is 10.2 Å². The van der Waals surface area contributed by atoms with Gasteiger partial charge in [-0.2, -0.15) is 0 Å². The predicted octanol–water partition coefficient (Wildman–Crippen LogP) is 4.43. The van der Waals surface area contributed by atoms with Crippen molar-refractivity contribution in [2.24, 2.45) is 0 Å². The smallest absolute Gasteiger partial charge is 0.317 e. The summed E-state index contributed by atoms with van der Waals surface area (Å²) in [6, 6.07) is 18.1. The lowest BCUT2D eigenvalue weighted by molar-refractivity contribution is 0.181. The molecule has 1 fully saturated rings. The van der Waals surface area contributed by atoms with Crippen molar-refractivity contribution in [3.63, 3.8) is 0 Å². The largest absolute Gasteiger partial charge is 0.334 e. The molecule has 1 N–H and O–H groups in total. The number of hydrogen-bond donors (Lipinski definition) is 1. The normalized spacial score (nSPS) is 15.4. The zero-order valence-electron chi connectivity index (χ0n) is 13.0. The molecular formula is C19H21ClN2O. The number of carbonyl (C=O) groups excluding carboxylic acids is 1. The molecule has 0 aromatic heterocycles. The maximum atomic E-state index is 12.3. The third-order valence-corrected chi connectivity index (χ3v) is 4.66. The Morgan fingerprint density at radius 1 is 1.04 bits per heavy atom. The number of carbonyl (C=O) groups is 1. The highest BCUT2D eigenvalue weighted by Gasteiger charge is 2.23. The Balaban J connectivity index is 1.47. The maximum absolute atomic E-state index is 12.3. The number of hydrogen-bond acceptors (Lipinski definition) is 1. The summed E-state index contributed by atoms with van der Waals surface area (Å²) in [6.45, 7) is 2.16. The van der Waals surface area contributed by atoms with Gasteiger partial charge < -0.3 is 10.2 Å². The minimum atomic E-state index is 0.0199. The summed E-state index contributed by atoms with van der Waals surface area (Å²) in [7, 11) is 0. The van der Waals surface area contributed by atoms with Crippen LogP contribution in [0.25, 0.3) is 0 Å². The Morgan fingerprint density at radius 2 is 1.70 bits per heavy atom. The highest BCUT2D eigenvalue weighted by molar-refractivity contribution is 6.30. The van der Waals surface area contributed by atoms with Gasteiger partial charge in [-0.3, -0.25) is 0 Å². The minimum Gasteiger partial charge on any atom is -0.334 e. The molecule has 4 heteroatoms. The van der Waals surface area contributed by atoms with Gasteiger partial charge in [0.05, 0.1) is 0 Å². The molecule has 0 radical (unpaired) electrons. The van der Waals surface area contributed by atoms with Crippen molar-refractivity contribution >= 4 is 17.6 Å². The van der Waals surface area contributed by atoms with Crippen LogP contribution in [0.2, 0.25) is 5.02 Å². The summed E-state index contributed by atoms with van der Waals surface area (Å²) in [5.41, 5.74) is 2.44. The number of piperidine rings is 1. The first-order valence-electron chi connectivity index (χ1n) is 8.04. The van der Waals surface area contributed by atoms with Crippen LogP contribution >= 0.6 is 11.6 Å². The van der Waals surface area contributed by atoms with Crippen molar-refractivity contribution in [1.29, 1.82) is 0 Å². The number of likely N-dealkylation sites (tertiary alicyclic amines) is 1. The lowest BCUT2D eigenvalue weighted by atomic mass is 9.90. The third-order valence-electron chi connectivity index (χ3n) is 4.41. The van der Waals surface area contributed by atoms with Crippen LogP contribution in [0.3, 0.4) is 0 Å². The van der Waals surface area contributed by atoms with Crippen LogP contribution < -0.4 is 5.32 Å². The molecule has 3 rings (SSSR count). The molecule has 2 aromatic rings. The first-order chi connectivity index (χ1) is 11.2. The van der Waals surface area contributed by atoms with E-state index in [1.165, 1.54) is 5.56 Å². The molecule has 1 saturated heterocycles. The van der Waals surface area contributed by atoms with Gasteiger partial charge in [-0.25, -0.2) is 4.79 Å². The van der Waals surface area contributed by atoms with Gasteiger partial charge in [-0.05, 0) is 42.0 Å². The van der Waals surface area contributed by atoms with Gasteiger partial charge in [0.2, 0.25) is 0 Å². The quantitative estimate of drug-likeness (QED) is 0.888. The van der Waals surface area contributed by atoms with Crippen LogP contribution in [0, 0.1) is 0 Å². The Kier molecular flexibility index (Phi) is 5.19. The average molecular weight is 329 g/mol. The number of nitrogens with zero attached hydrogens (tertiary/aromatic N) is 1. The third kappa shape index (κ3) is 4.26. The highest BCUT2D eigenvalue weighted by atomic mass is 35.5. The number of urea groups is 1. The molecule has 0 unspecified atom stereocenters. The second-order valence-electron chi connectivity index (χ2n) is 5.96. The van der Waals surface area contributed by atoms with Gasteiger partial charge in [0.25, 0.3) is 0 Å². The van der Waals surface area contributed by atoms with Gasteiger partial charge >= 0.3 is 6.03 Å². The number of rotatable bonds is 3. The molecule has 120 valence electrons. The van der Waals surface area contributed by atoms with E-state index in [0.717, 1.165) is 31.5 Å². The number of amides is 2. The molecule has 23 heavy (non-hydrogen) atoms. The molecule has 0 aliphatic carbocycles. The van der Waals surface area contributed by atoms with Crippen molar-refractivity contribution in [2.45, 2.75) is 25.3 Å². The van der Waals surface area contributed by atoms with Crippen molar-refractivity contribution in [3.05, 3.63) is 70.7 Å². The highest BCUT2D eigenvalue weighted by Crippen LogP contribution is 2.27. The van der Waals surface area contributed by atoms with Crippen LogP contribution in [-0.2, 0) is 6.54 Å². The molecule has 0 saturated carbocycles. The average Bonchev–Trinajstić information content (AvgIpc) is 2.62. The van der Waals surface area contributed by atoms with E-state index in [-0.39, 0.29) is 6.03 Å². The van der Waals surface area contributed by atoms with Crippen molar-refractivity contribution < 1.29 is 4.79 Å². The van der Waals surface area contributed by atoms with Gasteiger partial charge in [0.15, 0.2) is 0 Å². The van der Waals surface area contributed by atoms with Gasteiger partial charge in [-0.15, -0.1) is 0 Å². The van der Waals surface area contributed by atoms with Gasteiger partial charge in [0, 0.05) is 24.7 Å². The number of nitrogens with one attached hydrogen (secondary N) is 1. The van der Waals surface area contributed by atoms with Gasteiger partial charge in [0.1, 0.15) is 0 Å². The molecule has 0 atom stereocenters. The zero-order chi connectivity index (χ0) is 16.1. The molecule has 0 bridgehead atoms. The fraction of sp³-hybridized carbons (Fsp3) is 0.316. The van der Waals surface area contributed by atoms with Crippen LogP contribution in [0.4, 0.5) is 4.79 Å². The molecule has 1 aliphatic rings. The van der Waals surface area contributed by atoms with Crippen LogP contribution in [0.5, 0.6) is 0 Å². The number of halogens is 1. The van der Waals surface area contributed by atoms with E-state index in [1.54, 1.807) is 0 Å². The van der Waals surface area contributed by atoms with E-state index in [0.29, 0.717) is 17.5 Å². The summed E-state index contributed by atoms with van der Waals surface area (Å²) in [6.07, 6.45) is 2.05. The van der Waals surface area contributed by atoms with E-state index in [9.17, 15) is 4.79 Å². The maximum Gasteiger partial charge on any atom is 0.317 e. The Morgan fingerprint density at radius 3 is 2.35 bits per heavy atom. The topological polar surface area (TPSA) is 32.3 Å². The molecule has 0 spiro atoms. The second kappa shape index (κ2) is 7.51. The van der Waals surface area contributed by atoms with E-state index < -0.39 is 0 Å². The van der Waals surface area contributed by atoms with Crippen LogP contribution in [0.15, 0.2) is 54.6 Å². The zero-order valence-corrected chi connectivity index (χ0v) is 13.8. The van der Waals surface area contributed by atoms with Gasteiger partial charge in [-0.1, -0.05) is 54.1 Å². The molecular weight excluding hydrogens is 308 g/mol. The number of benzene rings is 2. The fourth-order valence-corrected chi connectivity index (χ4v) is 3.16. The Bertz CT molecular complexity index is 634. The standard InChI is InChI=1S/C19H21ClN2O/c20-18-8-6-15(7-9-18)14-21-19(23)22-12-10-17(11-13-22)16-4-2-1-3-5-16/h1-9,17H,10-14H2,(H,21,23). The first-order valence-corrected chi connectivity index (χ1v) is 8.42. The molecule has 3 nitrogen and oxygen atoms in total. The summed E-state index contributed by atoms with van der Waals surface area (Å²) >= 11 is 5.86. The van der Waals surface area contributed by atoms with Crippen molar-refractivity contribution in [2.75, 3.05) is 13.1 Å². The van der Waals surface area contributed by atoms with E-state index in [4.69, 9.17) is 11.6 Å². The Hall–Kier alpha value is -2.00. The Labute approximate surface area is 142 Å². The van der Waals surface area contributed by atoms with Crippen LogP contribution in [0.1, 0.15) is 29.9 Å². The van der Waals surface area contributed by atoms with Crippen LogP contribution in [-0.4, -0.2) is 24.0 Å². The molecule has 2 amide bonds. The van der Waals surface area contributed by atoms with E-state index in [2.05, 4.69) is 29.6 Å². The predicted molar refractivity (Wildman–Crippen MR) is 93.7 cm³/mol. The second-order valence-corrected chi connectivity index (χ2v) is 6.39. The lowest BCUT2D eigenvalue weighted by Gasteiger charge is -2.32. The lowest BCUT2D eigenvalue weighted by Crippen LogP contribution is -2.43. The molecule has 2 aromatic carbocycles. The van der Waals surface area contributed by atoms with E-state index >= 15 is 0 Å². The first kappa shape index (κ1) is 15.9. The fourth-order valence-electron chi connectivity index (χ4n) is 3.03. The van der Waals surface area contributed by atoms with Crippen molar-refractivity contribution in [3.8, 4) is 0 Å². The molecule has 1 aliphatic heterocycles. The summed E-state index contributed by atoms with van der Waals surface area (Å²) in [5.74, 6) is 0.566. The minimum absolute atomic E-state index is 0.0199. The summed E-state index contributed by atoms with van der Waals surface area (Å²) < 4.78 is 0. The molecule has 1 heterocycles.